The van der Waals surface area contributed by atoms with Gasteiger partial charge in [0.05, 0.1) is 25.2 Å². The lowest BCUT2D eigenvalue weighted by Gasteiger charge is -2.31. The van der Waals surface area contributed by atoms with E-state index in [4.69, 9.17) is 0 Å². The lowest BCUT2D eigenvalue weighted by Crippen LogP contribution is -2.57. The minimum Gasteiger partial charge on any atom is -0.337 e. The third kappa shape index (κ3) is 4.90. The minimum atomic E-state index is -1.39. The van der Waals surface area contributed by atoms with Crippen LogP contribution in [0.3, 0.4) is 0 Å². The summed E-state index contributed by atoms with van der Waals surface area (Å²) in [6.07, 6.45) is 3.36. The highest BCUT2D eigenvalue weighted by atomic mass is 19.2. The van der Waals surface area contributed by atoms with Gasteiger partial charge in [-0.05, 0) is 18.6 Å². The average molecular weight is 474 g/mol. The van der Waals surface area contributed by atoms with Gasteiger partial charge < -0.3 is 10.3 Å². The number of carbonyl (C=O) groups is 1. The fourth-order valence-corrected chi connectivity index (χ4v) is 4.16. The number of nitriles is 1. The molecule has 3 rings (SSSR count). The third-order valence-electron chi connectivity index (χ3n) is 5.79. The summed E-state index contributed by atoms with van der Waals surface area (Å²) in [7, 11) is 1.82. The predicted octanol–water partition coefficient (Wildman–Crippen LogP) is 0.935. The van der Waals surface area contributed by atoms with Crippen molar-refractivity contribution in [2.75, 3.05) is 26.7 Å². The van der Waals surface area contributed by atoms with E-state index in [1.165, 1.54) is 6.08 Å². The Bertz CT molecular complexity index is 1310. The Labute approximate surface area is 194 Å². The van der Waals surface area contributed by atoms with E-state index in [1.807, 2.05) is 16.5 Å². The van der Waals surface area contributed by atoms with Crippen molar-refractivity contribution in [2.45, 2.75) is 32.4 Å². The van der Waals surface area contributed by atoms with Crippen molar-refractivity contribution in [3.8, 4) is 6.07 Å². The number of benzene rings is 1. The Hall–Kier alpha value is -3.81. The predicted molar refractivity (Wildman–Crippen MR) is 123 cm³/mol. The Morgan fingerprint density at radius 2 is 2.18 bits per heavy atom. The topological polar surface area (TPSA) is 114 Å². The third-order valence-corrected chi connectivity index (χ3v) is 5.79. The van der Waals surface area contributed by atoms with E-state index in [-0.39, 0.29) is 11.4 Å². The monoisotopic (exact) mass is 473 g/mol. The summed E-state index contributed by atoms with van der Waals surface area (Å²) in [6.45, 7) is 6.82. The number of fused-ring (bicyclic) bond motifs is 1. The Balaban J connectivity index is 1.90. The maximum absolute atomic E-state index is 14.2. The summed E-state index contributed by atoms with van der Waals surface area (Å²) in [5.74, 6) is -2.77. The van der Waals surface area contributed by atoms with E-state index in [2.05, 4.69) is 29.9 Å². The SMILES string of the molecule is C=C[C@H](NC(=O)Cn1c(=O)[nH]c2ccc(F)c(F)c2c1=O)C1=[N+](C)CC(C#N)CN1CCCC. The summed E-state index contributed by atoms with van der Waals surface area (Å²) in [5, 5.41) is 11.5. The van der Waals surface area contributed by atoms with Gasteiger partial charge in [0.25, 0.3) is 11.4 Å². The van der Waals surface area contributed by atoms with Crippen LogP contribution in [0.15, 0.2) is 34.4 Å². The van der Waals surface area contributed by atoms with Crippen LogP contribution in [0.4, 0.5) is 8.78 Å². The number of hydrogen-bond donors (Lipinski definition) is 2. The highest BCUT2D eigenvalue weighted by Crippen LogP contribution is 2.15. The number of halogens is 2. The van der Waals surface area contributed by atoms with Gasteiger partial charge in [-0.3, -0.25) is 23.6 Å². The van der Waals surface area contributed by atoms with Gasteiger partial charge in [-0.25, -0.2) is 13.6 Å². The Kier molecular flexibility index (Phi) is 7.61. The average Bonchev–Trinajstić information content (AvgIpc) is 2.81. The summed E-state index contributed by atoms with van der Waals surface area (Å²) >= 11 is 0. The van der Waals surface area contributed by atoms with E-state index in [0.717, 1.165) is 30.8 Å². The number of rotatable bonds is 8. The summed E-state index contributed by atoms with van der Waals surface area (Å²) in [6, 6.07) is 3.52. The number of carbonyl (C=O) groups excluding carboxylic acids is 1. The molecule has 0 saturated carbocycles. The number of nitrogens with zero attached hydrogens (tertiary/aromatic N) is 4. The van der Waals surface area contributed by atoms with E-state index in [0.29, 0.717) is 24.2 Å². The van der Waals surface area contributed by atoms with Crippen LogP contribution in [-0.4, -0.2) is 63.5 Å². The molecule has 2 atom stereocenters. The number of aromatic amines is 1. The van der Waals surface area contributed by atoms with Crippen molar-refractivity contribution in [3.63, 3.8) is 0 Å². The number of unbranched alkanes of at least 4 members (excludes halogenated alkanes) is 1. The molecule has 0 radical (unpaired) electrons. The molecule has 2 N–H and O–H groups in total. The van der Waals surface area contributed by atoms with Crippen molar-refractivity contribution in [2.24, 2.45) is 5.92 Å². The molecule has 180 valence electrons. The second-order valence-corrected chi connectivity index (χ2v) is 8.25. The van der Waals surface area contributed by atoms with Crippen molar-refractivity contribution in [1.29, 1.82) is 5.26 Å². The molecule has 1 aromatic carbocycles. The molecule has 0 saturated heterocycles. The highest BCUT2D eigenvalue weighted by Gasteiger charge is 2.36. The van der Waals surface area contributed by atoms with E-state index in [1.54, 1.807) is 0 Å². The molecule has 1 unspecified atom stereocenters. The van der Waals surface area contributed by atoms with E-state index < -0.39 is 46.8 Å². The molecule has 0 fully saturated rings. The van der Waals surface area contributed by atoms with Gasteiger partial charge in [-0.1, -0.05) is 19.4 Å². The zero-order valence-corrected chi connectivity index (χ0v) is 19.1. The van der Waals surface area contributed by atoms with Gasteiger partial charge in [0.1, 0.15) is 37.0 Å². The molecular weight excluding hydrogens is 446 g/mol. The molecule has 11 heteroatoms. The standard InChI is InChI=1S/C23H26F2N6O3/c1-4-6-9-30-12-14(10-26)11-29(3)21(30)16(5-2)27-18(32)13-31-22(33)19-17(28-23(31)34)8-7-15(24)20(19)25/h5,7-8,14,16H,2,4,6,9,11-13H2,1,3H3,(H-,27,28,32,33,34)/p+1/t14?,16-/m0/s1. The summed E-state index contributed by atoms with van der Waals surface area (Å²) < 4.78 is 30.2. The van der Waals surface area contributed by atoms with Gasteiger partial charge in [0, 0.05) is 0 Å². The van der Waals surface area contributed by atoms with Crippen molar-refractivity contribution in [1.82, 2.24) is 19.8 Å². The molecule has 0 spiro atoms. The second-order valence-electron chi connectivity index (χ2n) is 8.25. The molecule has 1 aromatic heterocycles. The zero-order chi connectivity index (χ0) is 25.0. The molecule has 0 bridgehead atoms. The summed E-state index contributed by atoms with van der Waals surface area (Å²) in [5.41, 5.74) is -2.19. The van der Waals surface area contributed by atoms with Crippen molar-refractivity contribution < 1.29 is 18.2 Å². The van der Waals surface area contributed by atoms with E-state index >= 15 is 0 Å². The fraction of sp³-hybridized carbons (Fsp3) is 0.435. The number of nitrogens with one attached hydrogen (secondary N) is 2. The minimum absolute atomic E-state index is 0.160. The van der Waals surface area contributed by atoms with Crippen LogP contribution in [0.2, 0.25) is 0 Å². The first-order valence-electron chi connectivity index (χ1n) is 11.0. The zero-order valence-electron chi connectivity index (χ0n) is 19.1. The molecule has 1 aliphatic rings. The van der Waals surface area contributed by atoms with Crippen molar-refractivity contribution in [3.05, 3.63) is 57.3 Å². The van der Waals surface area contributed by atoms with Crippen molar-refractivity contribution >= 4 is 22.6 Å². The van der Waals surface area contributed by atoms with Gasteiger partial charge in [0.15, 0.2) is 11.6 Å². The highest BCUT2D eigenvalue weighted by molar-refractivity contribution is 5.90. The largest absolute Gasteiger partial charge is 0.337 e. The summed E-state index contributed by atoms with van der Waals surface area (Å²) in [4.78, 5) is 42.2. The lowest BCUT2D eigenvalue weighted by atomic mass is 10.1. The van der Waals surface area contributed by atoms with Crippen LogP contribution in [0.1, 0.15) is 19.8 Å². The molecule has 1 aliphatic heterocycles. The number of H-pyrrole nitrogens is 1. The van der Waals surface area contributed by atoms with Crippen LogP contribution in [0.25, 0.3) is 10.9 Å². The molecule has 2 heterocycles. The number of aromatic nitrogens is 2. The molecule has 9 nitrogen and oxygen atoms in total. The number of amides is 1. The first kappa shape index (κ1) is 24.8. The Morgan fingerprint density at radius 3 is 2.82 bits per heavy atom. The quantitative estimate of drug-likeness (QED) is 0.438. The van der Waals surface area contributed by atoms with Crippen LogP contribution in [0, 0.1) is 28.9 Å². The fourth-order valence-electron chi connectivity index (χ4n) is 4.16. The lowest BCUT2D eigenvalue weighted by molar-refractivity contribution is -0.515. The number of hydrogen-bond acceptors (Lipinski definition) is 5. The van der Waals surface area contributed by atoms with Crippen LogP contribution in [-0.2, 0) is 11.3 Å². The first-order chi connectivity index (χ1) is 16.2. The van der Waals surface area contributed by atoms with Gasteiger partial charge >= 0.3 is 5.69 Å². The maximum atomic E-state index is 14.2. The Morgan fingerprint density at radius 1 is 1.44 bits per heavy atom. The molecule has 34 heavy (non-hydrogen) atoms. The molecule has 0 aliphatic carbocycles. The van der Waals surface area contributed by atoms with Crippen LogP contribution in [0.5, 0.6) is 0 Å². The smallest absolute Gasteiger partial charge is 0.329 e. The molecule has 2 aromatic rings. The molecular formula is C23H27F2N6O3+. The normalized spacial score (nSPS) is 16.9. The number of amidine groups is 1. The maximum Gasteiger partial charge on any atom is 0.329 e. The van der Waals surface area contributed by atoms with Crippen LogP contribution >= 0.6 is 0 Å². The van der Waals surface area contributed by atoms with E-state index in [9.17, 15) is 28.4 Å². The van der Waals surface area contributed by atoms with Gasteiger partial charge in [0.2, 0.25) is 5.91 Å². The van der Waals surface area contributed by atoms with Gasteiger partial charge in [-0.15, -0.1) is 6.58 Å². The molecule has 1 amide bonds. The second kappa shape index (κ2) is 10.4. The van der Waals surface area contributed by atoms with Gasteiger partial charge in [-0.2, -0.15) is 5.26 Å². The van der Waals surface area contributed by atoms with Crippen LogP contribution < -0.4 is 16.6 Å². The first-order valence-corrected chi connectivity index (χ1v) is 11.0.